The number of carbonyl (C=O) groups is 1. The average Bonchev–Trinajstić information content (AvgIpc) is 3.57. The minimum atomic E-state index is -0.500. The van der Waals surface area contributed by atoms with Crippen molar-refractivity contribution in [2.45, 2.75) is 44.9 Å². The van der Waals surface area contributed by atoms with Gasteiger partial charge < -0.3 is 19.6 Å². The first-order valence-electron chi connectivity index (χ1n) is 12.0. The van der Waals surface area contributed by atoms with Crippen LogP contribution in [0.3, 0.4) is 0 Å². The Hall–Kier alpha value is -3.17. The smallest absolute Gasteiger partial charge is 0.219 e. The molecule has 3 aromatic rings. The molecular weight excluding hydrogens is 432 g/mol. The number of aliphatic hydroxyl groups is 1. The zero-order valence-electron chi connectivity index (χ0n) is 19.6. The van der Waals surface area contributed by atoms with Crippen molar-refractivity contribution in [2.75, 3.05) is 31.2 Å². The predicted octanol–water partition coefficient (Wildman–Crippen LogP) is 2.20. The molecule has 1 fully saturated rings. The first kappa shape index (κ1) is 21.4. The van der Waals surface area contributed by atoms with Gasteiger partial charge in [-0.15, -0.1) is 0 Å². The molecule has 3 aliphatic rings. The number of carbonyl (C=O) groups excluding carboxylic acids is 1. The second kappa shape index (κ2) is 8.25. The van der Waals surface area contributed by atoms with Crippen molar-refractivity contribution in [3.63, 3.8) is 0 Å². The summed E-state index contributed by atoms with van der Waals surface area (Å²) in [5, 5.41) is 20.2. The monoisotopic (exact) mass is 462 g/mol. The van der Waals surface area contributed by atoms with Gasteiger partial charge in [-0.3, -0.25) is 14.2 Å². The number of amides is 1. The summed E-state index contributed by atoms with van der Waals surface area (Å²) in [6.45, 7) is 4.76. The fourth-order valence-electron chi connectivity index (χ4n) is 5.52. The molecule has 2 atom stereocenters. The lowest BCUT2D eigenvalue weighted by molar-refractivity contribution is -0.129. The Kier molecular flexibility index (Phi) is 5.18. The van der Waals surface area contributed by atoms with Crippen LogP contribution in [0.25, 0.3) is 11.1 Å². The number of fused-ring (bicyclic) bond motifs is 2. The van der Waals surface area contributed by atoms with Crippen molar-refractivity contribution in [2.24, 2.45) is 7.05 Å². The van der Waals surface area contributed by atoms with Crippen molar-refractivity contribution < 1.29 is 14.6 Å². The van der Waals surface area contributed by atoms with Crippen LogP contribution in [0.1, 0.15) is 36.2 Å². The minimum absolute atomic E-state index is 0.0775. The maximum atomic E-state index is 12.2. The summed E-state index contributed by atoms with van der Waals surface area (Å²) in [5.74, 6) is 0.927. The van der Waals surface area contributed by atoms with Gasteiger partial charge in [0.05, 0.1) is 38.0 Å². The summed E-state index contributed by atoms with van der Waals surface area (Å²) in [5.41, 5.74) is 6.57. The highest BCUT2D eigenvalue weighted by Crippen LogP contribution is 2.40. The maximum Gasteiger partial charge on any atom is 0.219 e. The number of aryl methyl sites for hydroxylation is 1. The van der Waals surface area contributed by atoms with Crippen molar-refractivity contribution >= 4 is 17.4 Å². The molecule has 0 spiro atoms. The third-order valence-electron chi connectivity index (χ3n) is 7.27. The lowest BCUT2D eigenvalue weighted by Gasteiger charge is -2.34. The summed E-state index contributed by atoms with van der Waals surface area (Å²) in [4.78, 5) is 16.2. The normalized spacial score (nSPS) is 22.1. The number of anilines is 2. The number of rotatable bonds is 3. The van der Waals surface area contributed by atoms with E-state index in [1.807, 2.05) is 24.3 Å². The molecule has 1 unspecified atom stereocenters. The van der Waals surface area contributed by atoms with Gasteiger partial charge in [0.25, 0.3) is 0 Å². The van der Waals surface area contributed by atoms with E-state index < -0.39 is 6.10 Å². The lowest BCUT2D eigenvalue weighted by atomic mass is 9.95. The molecule has 0 saturated carbocycles. The molecule has 2 aromatic heterocycles. The Bertz CT molecular complexity index is 1240. The van der Waals surface area contributed by atoms with Gasteiger partial charge in [0, 0.05) is 68.7 Å². The van der Waals surface area contributed by atoms with E-state index in [0.29, 0.717) is 32.7 Å². The average molecular weight is 463 g/mol. The predicted molar refractivity (Wildman–Crippen MR) is 127 cm³/mol. The molecule has 9 nitrogen and oxygen atoms in total. The van der Waals surface area contributed by atoms with Crippen molar-refractivity contribution in [3.8, 4) is 11.1 Å². The van der Waals surface area contributed by atoms with Gasteiger partial charge >= 0.3 is 0 Å². The SMILES string of the molecule is CC(=O)N1CCc2c(c(N3C[C@@H](O)Cc4cc(-c5cnn(C)c5)ccc43)nn2C2CCOC2)C1. The fraction of sp³-hybridized carbons (Fsp3) is 0.480. The van der Waals surface area contributed by atoms with Gasteiger partial charge in [0.2, 0.25) is 5.91 Å². The van der Waals surface area contributed by atoms with Gasteiger partial charge in [-0.1, -0.05) is 6.07 Å². The molecule has 178 valence electrons. The highest BCUT2D eigenvalue weighted by Gasteiger charge is 2.35. The van der Waals surface area contributed by atoms with Gasteiger partial charge in [0.1, 0.15) is 0 Å². The van der Waals surface area contributed by atoms with Crippen LogP contribution in [0.5, 0.6) is 0 Å². The van der Waals surface area contributed by atoms with E-state index in [9.17, 15) is 9.90 Å². The lowest BCUT2D eigenvalue weighted by Crippen LogP contribution is -2.38. The van der Waals surface area contributed by atoms with Crippen LogP contribution in [0, 0.1) is 0 Å². The quantitative estimate of drug-likeness (QED) is 0.642. The van der Waals surface area contributed by atoms with E-state index in [2.05, 4.69) is 32.9 Å². The molecule has 3 aliphatic heterocycles. The van der Waals surface area contributed by atoms with Crippen molar-refractivity contribution in [1.29, 1.82) is 0 Å². The first-order valence-corrected chi connectivity index (χ1v) is 12.0. The standard InChI is InChI=1S/C25H30N6O3/c1-16(32)29-7-5-24-22(14-29)25(27-31(24)20-6-8-34-15-20)30-13-21(33)10-18-9-17(3-4-23(18)30)19-11-26-28(2)12-19/h3-4,9,11-12,20-21,33H,5-8,10,13-15H2,1-2H3/t20?,21-/m0/s1. The van der Waals surface area contributed by atoms with E-state index in [1.54, 1.807) is 11.6 Å². The molecular formula is C25H30N6O3. The third-order valence-corrected chi connectivity index (χ3v) is 7.27. The van der Waals surface area contributed by atoms with Crippen LogP contribution >= 0.6 is 0 Å². The summed E-state index contributed by atoms with van der Waals surface area (Å²) in [6, 6.07) is 6.60. The highest BCUT2D eigenvalue weighted by molar-refractivity contribution is 5.76. The van der Waals surface area contributed by atoms with Crippen LogP contribution in [-0.4, -0.2) is 67.9 Å². The van der Waals surface area contributed by atoms with E-state index in [-0.39, 0.29) is 11.9 Å². The van der Waals surface area contributed by atoms with Gasteiger partial charge in [-0.2, -0.15) is 10.2 Å². The number of ether oxygens (including phenoxy) is 1. The zero-order chi connectivity index (χ0) is 23.4. The molecule has 6 rings (SSSR count). The van der Waals surface area contributed by atoms with E-state index in [4.69, 9.17) is 9.84 Å². The highest BCUT2D eigenvalue weighted by atomic mass is 16.5. The molecule has 0 radical (unpaired) electrons. The fourth-order valence-corrected chi connectivity index (χ4v) is 5.52. The summed E-state index contributed by atoms with van der Waals surface area (Å²) < 4.78 is 9.59. The Labute approximate surface area is 198 Å². The summed E-state index contributed by atoms with van der Waals surface area (Å²) in [7, 11) is 1.91. The molecule has 5 heterocycles. The second-order valence-corrected chi connectivity index (χ2v) is 9.62. The van der Waals surface area contributed by atoms with Crippen molar-refractivity contribution in [1.82, 2.24) is 24.5 Å². The van der Waals surface area contributed by atoms with Gasteiger partial charge in [-0.25, -0.2) is 0 Å². The number of aromatic nitrogens is 4. The Morgan fingerprint density at radius 3 is 2.88 bits per heavy atom. The Morgan fingerprint density at radius 1 is 1.26 bits per heavy atom. The van der Waals surface area contributed by atoms with Crippen LogP contribution in [0.15, 0.2) is 30.6 Å². The molecule has 0 bridgehead atoms. The topological polar surface area (TPSA) is 88.7 Å². The number of hydrogen-bond acceptors (Lipinski definition) is 6. The summed E-state index contributed by atoms with van der Waals surface area (Å²) in [6.07, 6.45) is 5.67. The number of β-amino-alcohol motifs (C(OH)–C–C–N with tert-alkyl or cyclic N) is 1. The molecule has 0 aliphatic carbocycles. The Balaban J connectivity index is 1.44. The maximum absolute atomic E-state index is 12.2. The van der Waals surface area contributed by atoms with Gasteiger partial charge in [0.15, 0.2) is 5.82 Å². The number of hydrogen-bond donors (Lipinski definition) is 1. The van der Waals surface area contributed by atoms with Crippen molar-refractivity contribution in [3.05, 3.63) is 47.4 Å². The summed E-state index contributed by atoms with van der Waals surface area (Å²) >= 11 is 0. The molecule has 1 N–H and O–H groups in total. The number of benzene rings is 1. The van der Waals surface area contributed by atoms with E-state index in [0.717, 1.165) is 53.2 Å². The van der Waals surface area contributed by atoms with Gasteiger partial charge in [-0.05, 0) is 29.7 Å². The largest absolute Gasteiger partial charge is 0.391 e. The first-order chi connectivity index (χ1) is 16.5. The molecule has 1 saturated heterocycles. The third kappa shape index (κ3) is 3.59. The molecule has 1 aromatic carbocycles. The zero-order valence-corrected chi connectivity index (χ0v) is 19.6. The molecule has 1 amide bonds. The molecule has 9 heteroatoms. The minimum Gasteiger partial charge on any atom is -0.391 e. The van der Waals surface area contributed by atoms with Crippen LogP contribution in [-0.2, 0) is 36.0 Å². The molecule has 34 heavy (non-hydrogen) atoms. The van der Waals surface area contributed by atoms with E-state index in [1.165, 1.54) is 5.69 Å². The Morgan fingerprint density at radius 2 is 2.15 bits per heavy atom. The van der Waals surface area contributed by atoms with Crippen LogP contribution in [0.4, 0.5) is 11.5 Å². The van der Waals surface area contributed by atoms with Crippen LogP contribution in [0.2, 0.25) is 0 Å². The second-order valence-electron chi connectivity index (χ2n) is 9.62. The number of aliphatic hydroxyl groups excluding tert-OH is 1. The number of nitrogens with zero attached hydrogens (tertiary/aromatic N) is 6. The van der Waals surface area contributed by atoms with E-state index >= 15 is 0 Å². The van der Waals surface area contributed by atoms with Crippen LogP contribution < -0.4 is 4.90 Å².